The molecule has 154 valence electrons. The van der Waals surface area contributed by atoms with Gasteiger partial charge in [-0.2, -0.15) is 0 Å². The summed E-state index contributed by atoms with van der Waals surface area (Å²) in [6, 6.07) is 0.281. The number of carbonyl (C=O) groups excluding carboxylic acids is 2. The molecule has 27 heavy (non-hydrogen) atoms. The summed E-state index contributed by atoms with van der Waals surface area (Å²) in [5, 5.41) is 3.27. The van der Waals surface area contributed by atoms with Gasteiger partial charge in [-0.05, 0) is 57.8 Å². The van der Waals surface area contributed by atoms with Crippen molar-refractivity contribution in [1.82, 2.24) is 20.0 Å². The highest BCUT2D eigenvalue weighted by Gasteiger charge is 2.29. The average Bonchev–Trinajstić information content (AvgIpc) is 2.70. The van der Waals surface area contributed by atoms with Crippen molar-refractivity contribution >= 4 is 11.8 Å². The maximum atomic E-state index is 12.6. The van der Waals surface area contributed by atoms with Crippen molar-refractivity contribution in [1.29, 1.82) is 0 Å². The van der Waals surface area contributed by atoms with Crippen LogP contribution in [-0.2, 0) is 9.59 Å². The van der Waals surface area contributed by atoms with Gasteiger partial charge in [0, 0.05) is 45.3 Å². The first-order valence-electron chi connectivity index (χ1n) is 11.1. The Kier molecular flexibility index (Phi) is 7.53. The number of rotatable bonds is 5. The molecule has 0 bridgehead atoms. The van der Waals surface area contributed by atoms with Gasteiger partial charge in [-0.25, -0.2) is 0 Å². The van der Waals surface area contributed by atoms with E-state index in [1.165, 1.54) is 19.3 Å². The molecule has 1 atom stereocenters. The number of amides is 2. The molecule has 2 saturated heterocycles. The molecule has 3 fully saturated rings. The predicted octanol–water partition coefficient (Wildman–Crippen LogP) is 1.70. The molecule has 1 aliphatic carbocycles. The Balaban J connectivity index is 1.37. The summed E-state index contributed by atoms with van der Waals surface area (Å²) in [4.78, 5) is 31.6. The van der Waals surface area contributed by atoms with Crippen LogP contribution in [0, 0.1) is 5.92 Å². The number of hydrogen-bond donors (Lipinski definition) is 1. The number of likely N-dealkylation sites (tertiary alicyclic amines) is 1. The van der Waals surface area contributed by atoms with E-state index in [-0.39, 0.29) is 17.9 Å². The highest BCUT2D eigenvalue weighted by atomic mass is 16.2. The first kappa shape index (κ1) is 20.6. The maximum Gasteiger partial charge on any atom is 0.237 e. The van der Waals surface area contributed by atoms with Crippen molar-refractivity contribution in [2.75, 3.05) is 45.8 Å². The van der Waals surface area contributed by atoms with Crippen LogP contribution < -0.4 is 5.32 Å². The van der Waals surface area contributed by atoms with E-state index in [9.17, 15) is 9.59 Å². The fourth-order valence-corrected chi connectivity index (χ4v) is 4.64. The molecule has 0 aromatic carbocycles. The highest BCUT2D eigenvalue weighted by Crippen LogP contribution is 2.23. The van der Waals surface area contributed by atoms with Crippen LogP contribution in [0.25, 0.3) is 0 Å². The summed E-state index contributed by atoms with van der Waals surface area (Å²) in [6.45, 7) is 10.2. The van der Waals surface area contributed by atoms with Gasteiger partial charge < -0.3 is 10.2 Å². The third kappa shape index (κ3) is 5.92. The number of hydrogen-bond acceptors (Lipinski definition) is 4. The summed E-state index contributed by atoms with van der Waals surface area (Å²) in [7, 11) is 0. The van der Waals surface area contributed by atoms with E-state index in [0.29, 0.717) is 12.6 Å². The van der Waals surface area contributed by atoms with Crippen LogP contribution in [0.15, 0.2) is 0 Å². The summed E-state index contributed by atoms with van der Waals surface area (Å²) < 4.78 is 0. The van der Waals surface area contributed by atoms with Crippen molar-refractivity contribution < 1.29 is 9.59 Å². The minimum Gasteiger partial charge on any atom is -0.352 e. The average molecular weight is 379 g/mol. The minimum absolute atomic E-state index is 0.0794. The van der Waals surface area contributed by atoms with E-state index >= 15 is 0 Å². The second-order valence-electron chi connectivity index (χ2n) is 8.89. The smallest absolute Gasteiger partial charge is 0.237 e. The third-order valence-electron chi connectivity index (χ3n) is 6.76. The standard InChI is InChI=1S/C21H38N4O2/c1-17-6-8-19(9-7-17)22-21(27)18(2)24-14-12-23(13-15-24)16-20(26)25-10-4-3-5-11-25/h17-19H,3-16H2,1-2H3,(H,22,27). The Bertz CT molecular complexity index is 490. The molecule has 3 rings (SSSR count). The highest BCUT2D eigenvalue weighted by molar-refractivity contribution is 5.81. The Labute approximate surface area is 164 Å². The molecular formula is C21H38N4O2. The van der Waals surface area contributed by atoms with Crippen LogP contribution in [-0.4, -0.2) is 84.4 Å². The third-order valence-corrected chi connectivity index (χ3v) is 6.76. The van der Waals surface area contributed by atoms with Gasteiger partial charge in [0.25, 0.3) is 0 Å². The molecule has 1 unspecified atom stereocenters. The lowest BCUT2D eigenvalue weighted by Crippen LogP contribution is -2.56. The van der Waals surface area contributed by atoms with E-state index in [2.05, 4.69) is 22.0 Å². The minimum atomic E-state index is -0.0794. The molecule has 3 aliphatic rings. The second kappa shape index (κ2) is 9.87. The molecule has 6 heteroatoms. The van der Waals surface area contributed by atoms with E-state index in [1.54, 1.807) is 0 Å². The zero-order chi connectivity index (χ0) is 19.2. The van der Waals surface area contributed by atoms with Gasteiger partial charge in [-0.15, -0.1) is 0 Å². The number of nitrogens with one attached hydrogen (secondary N) is 1. The van der Waals surface area contributed by atoms with Crippen LogP contribution in [0.2, 0.25) is 0 Å². The van der Waals surface area contributed by atoms with Crippen molar-refractivity contribution in [2.24, 2.45) is 5.92 Å². The zero-order valence-corrected chi connectivity index (χ0v) is 17.3. The number of piperidine rings is 1. The second-order valence-corrected chi connectivity index (χ2v) is 8.89. The van der Waals surface area contributed by atoms with Crippen LogP contribution in [0.5, 0.6) is 0 Å². The lowest BCUT2D eigenvalue weighted by Gasteiger charge is -2.38. The van der Waals surface area contributed by atoms with E-state index in [0.717, 1.165) is 70.9 Å². The van der Waals surface area contributed by atoms with Crippen molar-refractivity contribution in [3.05, 3.63) is 0 Å². The van der Waals surface area contributed by atoms with Gasteiger partial charge in [-0.1, -0.05) is 6.92 Å². The SMILES string of the molecule is CC1CCC(NC(=O)C(C)N2CCN(CC(=O)N3CCCCC3)CC2)CC1. The van der Waals surface area contributed by atoms with Crippen molar-refractivity contribution in [2.45, 2.75) is 70.9 Å². The lowest BCUT2D eigenvalue weighted by molar-refractivity contribution is -0.134. The first-order chi connectivity index (χ1) is 13.0. The molecule has 6 nitrogen and oxygen atoms in total. The molecule has 0 aromatic heterocycles. The number of carbonyl (C=O) groups is 2. The molecule has 2 aliphatic heterocycles. The van der Waals surface area contributed by atoms with Gasteiger partial charge in [-0.3, -0.25) is 19.4 Å². The van der Waals surface area contributed by atoms with E-state index in [1.807, 2.05) is 11.8 Å². The Morgan fingerprint density at radius 1 is 0.926 bits per heavy atom. The fraction of sp³-hybridized carbons (Fsp3) is 0.905. The predicted molar refractivity (Wildman–Crippen MR) is 107 cm³/mol. The van der Waals surface area contributed by atoms with Crippen LogP contribution >= 0.6 is 0 Å². The van der Waals surface area contributed by atoms with Crippen LogP contribution in [0.3, 0.4) is 0 Å². The van der Waals surface area contributed by atoms with Gasteiger partial charge in [0.2, 0.25) is 11.8 Å². The van der Waals surface area contributed by atoms with Gasteiger partial charge >= 0.3 is 0 Å². The molecule has 2 amide bonds. The summed E-state index contributed by atoms with van der Waals surface area (Å²) in [6.07, 6.45) is 8.23. The summed E-state index contributed by atoms with van der Waals surface area (Å²) >= 11 is 0. The Morgan fingerprint density at radius 2 is 1.56 bits per heavy atom. The fourth-order valence-electron chi connectivity index (χ4n) is 4.64. The van der Waals surface area contributed by atoms with Crippen molar-refractivity contribution in [3.63, 3.8) is 0 Å². The maximum absolute atomic E-state index is 12.6. The molecule has 2 heterocycles. The first-order valence-corrected chi connectivity index (χ1v) is 11.1. The molecule has 1 saturated carbocycles. The summed E-state index contributed by atoms with van der Waals surface area (Å²) in [5.41, 5.74) is 0. The number of piperazine rings is 1. The lowest BCUT2D eigenvalue weighted by atomic mass is 9.87. The van der Waals surface area contributed by atoms with Gasteiger partial charge in [0.05, 0.1) is 12.6 Å². The quantitative estimate of drug-likeness (QED) is 0.791. The zero-order valence-electron chi connectivity index (χ0n) is 17.3. The van der Waals surface area contributed by atoms with Crippen molar-refractivity contribution in [3.8, 4) is 0 Å². The molecule has 0 radical (unpaired) electrons. The topological polar surface area (TPSA) is 55.9 Å². The molecule has 1 N–H and O–H groups in total. The monoisotopic (exact) mass is 378 g/mol. The number of nitrogens with zero attached hydrogens (tertiary/aromatic N) is 3. The van der Waals surface area contributed by atoms with Gasteiger partial charge in [0.15, 0.2) is 0 Å². The molecular weight excluding hydrogens is 340 g/mol. The van der Waals surface area contributed by atoms with Crippen LogP contribution in [0.1, 0.15) is 58.8 Å². The Morgan fingerprint density at radius 3 is 2.19 bits per heavy atom. The molecule has 0 aromatic rings. The normalized spacial score (nSPS) is 29.3. The summed E-state index contributed by atoms with van der Waals surface area (Å²) in [5.74, 6) is 1.25. The molecule has 0 spiro atoms. The van der Waals surface area contributed by atoms with E-state index < -0.39 is 0 Å². The Hall–Kier alpha value is -1.14. The van der Waals surface area contributed by atoms with Gasteiger partial charge in [0.1, 0.15) is 0 Å². The van der Waals surface area contributed by atoms with Crippen LogP contribution in [0.4, 0.5) is 0 Å². The largest absolute Gasteiger partial charge is 0.352 e. The van der Waals surface area contributed by atoms with E-state index in [4.69, 9.17) is 0 Å².